The van der Waals surface area contributed by atoms with Gasteiger partial charge in [-0.1, -0.05) is 53.2 Å². The highest BCUT2D eigenvalue weighted by Crippen LogP contribution is 2.31. The average molecular weight is 326 g/mol. The van der Waals surface area contributed by atoms with E-state index >= 15 is 0 Å². The van der Waals surface area contributed by atoms with Gasteiger partial charge in [0.1, 0.15) is 10.0 Å². The van der Waals surface area contributed by atoms with Crippen molar-refractivity contribution in [3.8, 4) is 10.6 Å². The molecule has 0 bridgehead atoms. The van der Waals surface area contributed by atoms with Crippen LogP contribution in [0.1, 0.15) is 24.4 Å². The molecule has 0 atom stereocenters. The Hall–Kier alpha value is -0.780. The molecule has 0 aliphatic heterocycles. The zero-order valence-corrected chi connectivity index (χ0v) is 13.1. The Bertz CT molecular complexity index is 537. The zero-order chi connectivity index (χ0) is 13.1. The van der Waals surface area contributed by atoms with Gasteiger partial charge in [0.05, 0.1) is 0 Å². The van der Waals surface area contributed by atoms with E-state index in [1.165, 1.54) is 5.56 Å². The summed E-state index contributed by atoms with van der Waals surface area (Å²) >= 11 is 5.21. The molecule has 1 aromatic carbocycles. The van der Waals surface area contributed by atoms with Crippen molar-refractivity contribution in [1.82, 2.24) is 15.5 Å². The van der Waals surface area contributed by atoms with Crippen LogP contribution in [0.5, 0.6) is 0 Å². The molecule has 18 heavy (non-hydrogen) atoms. The number of hydrogen-bond acceptors (Lipinski definition) is 4. The van der Waals surface area contributed by atoms with Crippen LogP contribution in [0.3, 0.4) is 0 Å². The molecular formula is C13H16BrN3S. The molecule has 0 spiro atoms. The van der Waals surface area contributed by atoms with Gasteiger partial charge in [0.2, 0.25) is 0 Å². The first-order valence-corrected chi connectivity index (χ1v) is 7.49. The Morgan fingerprint density at radius 2 is 2.11 bits per heavy atom. The summed E-state index contributed by atoms with van der Waals surface area (Å²) < 4.78 is 1.07. The van der Waals surface area contributed by atoms with E-state index in [4.69, 9.17) is 0 Å². The first kappa shape index (κ1) is 13.6. The monoisotopic (exact) mass is 325 g/mol. The van der Waals surface area contributed by atoms with E-state index in [2.05, 4.69) is 70.4 Å². The van der Waals surface area contributed by atoms with Crippen molar-refractivity contribution in [2.24, 2.45) is 0 Å². The zero-order valence-electron chi connectivity index (χ0n) is 10.7. The molecule has 3 nitrogen and oxygen atoms in total. The lowest BCUT2D eigenvalue weighted by Gasteiger charge is -2.04. The van der Waals surface area contributed by atoms with Gasteiger partial charge in [-0.05, 0) is 18.6 Å². The molecule has 0 aliphatic rings. The van der Waals surface area contributed by atoms with E-state index in [1.54, 1.807) is 11.3 Å². The minimum atomic E-state index is 0.462. The van der Waals surface area contributed by atoms with Gasteiger partial charge in [-0.3, -0.25) is 0 Å². The van der Waals surface area contributed by atoms with Crippen LogP contribution in [0.2, 0.25) is 0 Å². The number of halogens is 1. The molecule has 1 N–H and O–H groups in total. The van der Waals surface area contributed by atoms with Crippen molar-refractivity contribution in [3.63, 3.8) is 0 Å². The van der Waals surface area contributed by atoms with Crippen molar-refractivity contribution in [3.05, 3.63) is 33.2 Å². The molecule has 0 aliphatic carbocycles. The molecule has 0 radical (unpaired) electrons. The van der Waals surface area contributed by atoms with Gasteiger partial charge in [-0.2, -0.15) is 0 Å². The highest BCUT2D eigenvalue weighted by atomic mass is 79.9. The smallest absolute Gasteiger partial charge is 0.148 e. The van der Waals surface area contributed by atoms with Crippen LogP contribution >= 0.6 is 27.3 Å². The molecule has 1 aromatic heterocycles. The Labute approximate surface area is 120 Å². The number of rotatable bonds is 4. The summed E-state index contributed by atoms with van der Waals surface area (Å²) in [4.78, 5) is 0. The van der Waals surface area contributed by atoms with E-state index in [1.807, 2.05) is 0 Å². The Morgan fingerprint density at radius 1 is 1.33 bits per heavy atom. The minimum Gasteiger partial charge on any atom is -0.308 e. The van der Waals surface area contributed by atoms with Crippen molar-refractivity contribution in [1.29, 1.82) is 0 Å². The number of benzene rings is 1. The third kappa shape index (κ3) is 3.37. The molecule has 2 aromatic rings. The first-order chi connectivity index (χ1) is 8.56. The molecule has 0 amide bonds. The van der Waals surface area contributed by atoms with Gasteiger partial charge in [0.25, 0.3) is 0 Å². The molecule has 2 rings (SSSR count). The molecule has 96 valence electrons. The van der Waals surface area contributed by atoms with E-state index in [0.717, 1.165) is 26.6 Å². The second kappa shape index (κ2) is 5.91. The van der Waals surface area contributed by atoms with E-state index in [9.17, 15) is 0 Å². The van der Waals surface area contributed by atoms with Crippen molar-refractivity contribution in [2.75, 3.05) is 0 Å². The summed E-state index contributed by atoms with van der Waals surface area (Å²) in [6, 6.07) is 6.74. The summed E-state index contributed by atoms with van der Waals surface area (Å²) in [6.07, 6.45) is 0. The molecule has 1 heterocycles. The van der Waals surface area contributed by atoms with Crippen molar-refractivity contribution >= 4 is 27.3 Å². The SMILES string of the molecule is Cc1ccc(-c2nnc(CNC(C)C)s2)c(Br)c1. The number of nitrogens with one attached hydrogen (secondary N) is 1. The minimum absolute atomic E-state index is 0.462. The maximum atomic E-state index is 4.25. The number of aromatic nitrogens is 2. The third-order valence-corrected chi connectivity index (χ3v) is 4.10. The Kier molecular flexibility index (Phi) is 4.48. The molecule has 5 heteroatoms. The van der Waals surface area contributed by atoms with Gasteiger partial charge in [0, 0.05) is 22.6 Å². The van der Waals surface area contributed by atoms with Crippen LogP contribution in [0.15, 0.2) is 22.7 Å². The van der Waals surface area contributed by atoms with Gasteiger partial charge in [-0.25, -0.2) is 0 Å². The lowest BCUT2D eigenvalue weighted by Crippen LogP contribution is -2.21. The highest BCUT2D eigenvalue weighted by Gasteiger charge is 2.10. The summed E-state index contributed by atoms with van der Waals surface area (Å²) in [5, 5.41) is 13.8. The van der Waals surface area contributed by atoms with Crippen molar-refractivity contribution < 1.29 is 0 Å². The topological polar surface area (TPSA) is 37.8 Å². The second-order valence-corrected chi connectivity index (χ2v) is 6.44. The summed E-state index contributed by atoms with van der Waals surface area (Å²) in [5.74, 6) is 0. The Balaban J connectivity index is 2.18. The molecular weight excluding hydrogens is 310 g/mol. The van der Waals surface area contributed by atoms with Gasteiger partial charge < -0.3 is 5.32 Å². The fraction of sp³-hybridized carbons (Fsp3) is 0.385. The lowest BCUT2D eigenvalue weighted by molar-refractivity contribution is 0.585. The van der Waals surface area contributed by atoms with Gasteiger partial charge in [0.15, 0.2) is 0 Å². The number of hydrogen-bond donors (Lipinski definition) is 1. The van der Waals surface area contributed by atoms with E-state index < -0.39 is 0 Å². The normalized spacial score (nSPS) is 11.2. The van der Waals surface area contributed by atoms with E-state index in [0.29, 0.717) is 6.04 Å². The predicted molar refractivity (Wildman–Crippen MR) is 79.8 cm³/mol. The second-order valence-electron chi connectivity index (χ2n) is 4.52. The molecule has 0 fully saturated rings. The Morgan fingerprint density at radius 3 is 2.78 bits per heavy atom. The van der Waals surface area contributed by atoms with Crippen LogP contribution in [0.4, 0.5) is 0 Å². The van der Waals surface area contributed by atoms with Crippen molar-refractivity contribution in [2.45, 2.75) is 33.4 Å². The maximum Gasteiger partial charge on any atom is 0.148 e. The summed E-state index contributed by atoms with van der Waals surface area (Å²) in [6.45, 7) is 7.10. The van der Waals surface area contributed by atoms with Crippen LogP contribution in [-0.4, -0.2) is 16.2 Å². The number of nitrogens with zero attached hydrogens (tertiary/aromatic N) is 2. The predicted octanol–water partition coefficient (Wildman–Crippen LogP) is 3.77. The summed E-state index contributed by atoms with van der Waals surface area (Å²) in [5.41, 5.74) is 2.34. The number of aryl methyl sites for hydroxylation is 1. The third-order valence-electron chi connectivity index (χ3n) is 2.48. The van der Waals surface area contributed by atoms with Crippen LogP contribution in [0.25, 0.3) is 10.6 Å². The fourth-order valence-corrected chi connectivity index (χ4v) is 3.16. The molecule has 0 saturated heterocycles. The lowest BCUT2D eigenvalue weighted by atomic mass is 10.2. The maximum absolute atomic E-state index is 4.25. The van der Waals surface area contributed by atoms with Crippen LogP contribution in [0, 0.1) is 6.92 Å². The summed E-state index contributed by atoms with van der Waals surface area (Å²) in [7, 11) is 0. The highest BCUT2D eigenvalue weighted by molar-refractivity contribution is 9.10. The first-order valence-electron chi connectivity index (χ1n) is 5.88. The van der Waals surface area contributed by atoms with Gasteiger partial charge in [-0.15, -0.1) is 10.2 Å². The largest absolute Gasteiger partial charge is 0.308 e. The fourth-order valence-electron chi connectivity index (χ4n) is 1.52. The van der Waals surface area contributed by atoms with E-state index in [-0.39, 0.29) is 0 Å². The molecule has 0 unspecified atom stereocenters. The quantitative estimate of drug-likeness (QED) is 0.929. The van der Waals surface area contributed by atoms with Gasteiger partial charge >= 0.3 is 0 Å². The average Bonchev–Trinajstić information content (AvgIpc) is 2.75. The van der Waals surface area contributed by atoms with Crippen LogP contribution in [-0.2, 0) is 6.54 Å². The molecule has 0 saturated carbocycles. The van der Waals surface area contributed by atoms with Crippen LogP contribution < -0.4 is 5.32 Å². The standard InChI is InChI=1S/C13H16BrN3S/c1-8(2)15-7-12-16-17-13(18-12)10-5-4-9(3)6-11(10)14/h4-6,8,15H,7H2,1-3H3.